The third-order valence-electron chi connectivity index (χ3n) is 9.15. The van der Waals surface area contributed by atoms with Crippen LogP contribution in [-0.2, 0) is 30.4 Å². The molecule has 3 heterocycles. The van der Waals surface area contributed by atoms with Crippen molar-refractivity contribution in [1.29, 1.82) is 0 Å². The van der Waals surface area contributed by atoms with Crippen LogP contribution in [0.3, 0.4) is 0 Å². The minimum Gasteiger partial charge on any atom is -0.465 e. The monoisotopic (exact) mass is 566 g/mol. The van der Waals surface area contributed by atoms with Crippen molar-refractivity contribution < 1.29 is 29.0 Å². The fourth-order valence-electron chi connectivity index (χ4n) is 7.20. The molecule has 5 atom stereocenters. The number of hydrogen-bond donors (Lipinski definition) is 1. The van der Waals surface area contributed by atoms with E-state index in [0.29, 0.717) is 58.2 Å². The van der Waals surface area contributed by atoms with Gasteiger partial charge in [-0.15, -0.1) is 13.2 Å². The average molecular weight is 567 g/mol. The fraction of sp³-hybridized carbons (Fsp3) is 0.606. The van der Waals surface area contributed by atoms with E-state index >= 15 is 0 Å². The molecule has 3 fully saturated rings. The SMILES string of the molecule is C=CCCCOC(=O)[C@H]1[C@H]2C(=O)N(CCCCCCO)C(C(=O)N(CC=C)Cc3ccccc3)C23CC[C@]1(CC)O3. The molecular formula is C33H46N2O6. The van der Waals surface area contributed by atoms with Crippen molar-refractivity contribution in [3.8, 4) is 0 Å². The number of ether oxygens (including phenoxy) is 2. The van der Waals surface area contributed by atoms with Gasteiger partial charge in [-0.2, -0.15) is 0 Å². The summed E-state index contributed by atoms with van der Waals surface area (Å²) >= 11 is 0. The van der Waals surface area contributed by atoms with E-state index in [1.54, 1.807) is 22.0 Å². The summed E-state index contributed by atoms with van der Waals surface area (Å²) in [5, 5.41) is 9.18. The second-order valence-corrected chi connectivity index (χ2v) is 11.6. The highest BCUT2D eigenvalue weighted by molar-refractivity contribution is 5.98. The van der Waals surface area contributed by atoms with Crippen LogP contribution in [0.4, 0.5) is 0 Å². The van der Waals surface area contributed by atoms with Gasteiger partial charge in [-0.25, -0.2) is 0 Å². The first-order valence-corrected chi connectivity index (χ1v) is 15.2. The predicted octanol–water partition coefficient (Wildman–Crippen LogP) is 4.42. The van der Waals surface area contributed by atoms with Crippen molar-refractivity contribution in [1.82, 2.24) is 9.80 Å². The number of aliphatic hydroxyl groups excluding tert-OH is 1. The Bertz CT molecular complexity index is 1090. The number of esters is 1. The molecule has 3 aliphatic heterocycles. The topological polar surface area (TPSA) is 96.4 Å². The van der Waals surface area contributed by atoms with E-state index in [0.717, 1.165) is 24.8 Å². The highest BCUT2D eigenvalue weighted by Crippen LogP contribution is 2.64. The third kappa shape index (κ3) is 6.00. The Kier molecular flexibility index (Phi) is 10.4. The number of rotatable bonds is 17. The smallest absolute Gasteiger partial charge is 0.312 e. The van der Waals surface area contributed by atoms with E-state index in [1.165, 1.54) is 0 Å². The van der Waals surface area contributed by atoms with Gasteiger partial charge in [0.1, 0.15) is 17.6 Å². The van der Waals surface area contributed by atoms with E-state index in [2.05, 4.69) is 13.2 Å². The number of unbranched alkanes of at least 4 members (excludes halogenated alkanes) is 4. The van der Waals surface area contributed by atoms with Crippen molar-refractivity contribution in [2.45, 2.75) is 88.5 Å². The molecule has 0 radical (unpaired) electrons. The molecule has 2 bridgehead atoms. The molecule has 3 saturated heterocycles. The predicted molar refractivity (Wildman–Crippen MR) is 157 cm³/mol. The number of carbonyl (C=O) groups is 3. The zero-order valence-corrected chi connectivity index (χ0v) is 24.5. The molecule has 2 unspecified atom stereocenters. The Labute approximate surface area is 244 Å². The molecule has 1 spiro atoms. The third-order valence-corrected chi connectivity index (χ3v) is 9.15. The number of allylic oxidation sites excluding steroid dienone is 1. The minimum atomic E-state index is -1.07. The van der Waals surface area contributed by atoms with Gasteiger partial charge in [0.25, 0.3) is 0 Å². The van der Waals surface area contributed by atoms with Crippen molar-refractivity contribution in [2.75, 3.05) is 26.3 Å². The number of amides is 2. The molecule has 1 aromatic rings. The van der Waals surface area contributed by atoms with Crippen LogP contribution in [0, 0.1) is 11.8 Å². The van der Waals surface area contributed by atoms with Crippen LogP contribution in [0.1, 0.15) is 70.3 Å². The van der Waals surface area contributed by atoms with Gasteiger partial charge >= 0.3 is 5.97 Å². The Balaban J connectivity index is 1.67. The quantitative estimate of drug-likeness (QED) is 0.170. The molecule has 0 aliphatic carbocycles. The number of benzene rings is 1. The van der Waals surface area contributed by atoms with Gasteiger partial charge in [0.05, 0.1) is 18.1 Å². The molecular weight excluding hydrogens is 520 g/mol. The molecule has 41 heavy (non-hydrogen) atoms. The summed E-state index contributed by atoms with van der Waals surface area (Å²) < 4.78 is 12.6. The first-order chi connectivity index (χ1) is 19.9. The van der Waals surface area contributed by atoms with Crippen LogP contribution >= 0.6 is 0 Å². The standard InChI is InChI=1S/C33H46N2O6/c1-4-7-15-23-40-31(39)27-26-29(37)35(21-13-8-9-14-22-36)28(33(26)19-18-32(27,6-3)41-33)30(38)34(20-5-2)24-25-16-11-10-12-17-25/h4-5,10-12,16-17,26-28,36H,1-2,6-9,13-15,18-24H2,3H3/t26-,27+,28?,32-,33?/m0/s1. The van der Waals surface area contributed by atoms with Crippen molar-refractivity contribution >= 4 is 17.8 Å². The van der Waals surface area contributed by atoms with Gasteiger partial charge in [0.15, 0.2) is 0 Å². The maximum Gasteiger partial charge on any atom is 0.312 e. The molecule has 2 amide bonds. The van der Waals surface area contributed by atoms with Crippen LogP contribution < -0.4 is 0 Å². The number of likely N-dealkylation sites (tertiary alicyclic amines) is 1. The minimum absolute atomic E-state index is 0.133. The lowest BCUT2D eigenvalue weighted by atomic mass is 9.65. The van der Waals surface area contributed by atoms with Crippen LogP contribution in [0.15, 0.2) is 55.6 Å². The Morgan fingerprint density at radius 1 is 1.12 bits per heavy atom. The van der Waals surface area contributed by atoms with Crippen LogP contribution in [0.5, 0.6) is 0 Å². The molecule has 224 valence electrons. The molecule has 8 nitrogen and oxygen atoms in total. The lowest BCUT2D eigenvalue weighted by Gasteiger charge is -2.37. The van der Waals surface area contributed by atoms with E-state index < -0.39 is 35.0 Å². The molecule has 1 N–H and O–H groups in total. The van der Waals surface area contributed by atoms with Crippen LogP contribution in [-0.4, -0.2) is 76.2 Å². The van der Waals surface area contributed by atoms with Crippen LogP contribution in [0.2, 0.25) is 0 Å². The molecule has 3 aliphatic rings. The molecule has 1 aromatic carbocycles. The van der Waals surface area contributed by atoms with Crippen molar-refractivity contribution in [2.24, 2.45) is 11.8 Å². The summed E-state index contributed by atoms with van der Waals surface area (Å²) in [6.45, 7) is 11.1. The highest BCUT2D eigenvalue weighted by atomic mass is 16.6. The summed E-state index contributed by atoms with van der Waals surface area (Å²) in [5.41, 5.74) is -0.903. The molecule has 4 rings (SSSR count). The van der Waals surface area contributed by atoms with Gasteiger partial charge in [-0.05, 0) is 50.5 Å². The first kappa shape index (κ1) is 31.0. The van der Waals surface area contributed by atoms with E-state index in [9.17, 15) is 19.5 Å². The normalized spacial score (nSPS) is 28.0. The average Bonchev–Trinajstić information content (AvgIpc) is 3.59. The molecule has 0 saturated carbocycles. The molecule has 8 heteroatoms. The van der Waals surface area contributed by atoms with E-state index in [4.69, 9.17) is 9.47 Å². The van der Waals surface area contributed by atoms with E-state index in [-0.39, 0.29) is 25.0 Å². The number of nitrogens with zero attached hydrogens (tertiary/aromatic N) is 2. The summed E-state index contributed by atoms with van der Waals surface area (Å²) in [7, 11) is 0. The van der Waals surface area contributed by atoms with Crippen LogP contribution in [0.25, 0.3) is 0 Å². The number of aliphatic hydroxyl groups is 1. The van der Waals surface area contributed by atoms with Gasteiger partial charge < -0.3 is 24.4 Å². The van der Waals surface area contributed by atoms with Crippen molar-refractivity contribution in [3.63, 3.8) is 0 Å². The second kappa shape index (κ2) is 13.8. The zero-order chi connectivity index (χ0) is 29.5. The first-order valence-electron chi connectivity index (χ1n) is 15.2. The van der Waals surface area contributed by atoms with E-state index in [1.807, 2.05) is 37.3 Å². The van der Waals surface area contributed by atoms with Gasteiger partial charge in [-0.3, -0.25) is 14.4 Å². The number of fused-ring (bicyclic) bond motifs is 1. The second-order valence-electron chi connectivity index (χ2n) is 11.6. The van der Waals surface area contributed by atoms with Gasteiger partial charge in [0, 0.05) is 26.2 Å². The number of carbonyl (C=O) groups excluding carboxylic acids is 3. The zero-order valence-electron chi connectivity index (χ0n) is 24.5. The number of hydrogen-bond acceptors (Lipinski definition) is 6. The Hall–Kier alpha value is -2.97. The summed E-state index contributed by atoms with van der Waals surface area (Å²) in [4.78, 5) is 45.8. The highest BCUT2D eigenvalue weighted by Gasteiger charge is 2.79. The summed E-state index contributed by atoms with van der Waals surface area (Å²) in [6, 6.07) is 8.95. The Morgan fingerprint density at radius 3 is 2.56 bits per heavy atom. The molecule has 0 aromatic heterocycles. The summed E-state index contributed by atoms with van der Waals surface area (Å²) in [6.07, 6.45) is 9.69. The fourth-order valence-corrected chi connectivity index (χ4v) is 7.20. The lowest BCUT2D eigenvalue weighted by molar-refractivity contribution is -0.162. The van der Waals surface area contributed by atoms with Crippen molar-refractivity contribution in [3.05, 3.63) is 61.2 Å². The maximum atomic E-state index is 14.5. The van der Waals surface area contributed by atoms with Gasteiger partial charge in [-0.1, -0.05) is 62.2 Å². The Morgan fingerprint density at radius 2 is 1.88 bits per heavy atom. The maximum absolute atomic E-state index is 14.5. The van der Waals surface area contributed by atoms with Gasteiger partial charge in [0.2, 0.25) is 11.8 Å². The largest absolute Gasteiger partial charge is 0.465 e. The lowest BCUT2D eigenvalue weighted by Crippen LogP contribution is -2.56. The summed E-state index contributed by atoms with van der Waals surface area (Å²) in [5.74, 6) is -2.26.